The minimum absolute atomic E-state index is 0.273. The van der Waals surface area contributed by atoms with Crippen LogP contribution in [0.2, 0.25) is 0 Å². The Hall–Kier alpha value is -0.300. The van der Waals surface area contributed by atoms with Crippen LogP contribution in [0.3, 0.4) is 0 Å². The number of benzene rings is 1. The van der Waals surface area contributed by atoms with Crippen LogP contribution in [0.1, 0.15) is 37.0 Å². The Morgan fingerprint density at radius 1 is 1.29 bits per heavy atom. The summed E-state index contributed by atoms with van der Waals surface area (Å²) in [7, 11) is 0. The fourth-order valence-electron chi connectivity index (χ4n) is 2.33. The molecule has 1 heteroatoms. The Balaban J connectivity index is 2.49. The number of hydrogen-bond acceptors (Lipinski definition) is 0. The van der Waals surface area contributed by atoms with Crippen LogP contribution in [-0.4, -0.2) is 5.33 Å². The Morgan fingerprint density at radius 3 is 2.79 bits per heavy atom. The lowest BCUT2D eigenvalue weighted by molar-refractivity contribution is 0.599. The molecule has 0 nitrogen and oxygen atoms in total. The third-order valence-electron chi connectivity index (χ3n) is 3.21. The van der Waals surface area contributed by atoms with Crippen molar-refractivity contribution in [2.45, 2.75) is 38.5 Å². The highest BCUT2D eigenvalue weighted by atomic mass is 79.9. The van der Waals surface area contributed by atoms with E-state index in [9.17, 15) is 0 Å². The first kappa shape index (κ1) is 10.2. The van der Waals surface area contributed by atoms with E-state index < -0.39 is 0 Å². The molecule has 1 aliphatic carbocycles. The first-order chi connectivity index (χ1) is 6.65. The van der Waals surface area contributed by atoms with Crippen molar-refractivity contribution >= 4 is 15.9 Å². The molecule has 0 saturated heterocycles. The van der Waals surface area contributed by atoms with Gasteiger partial charge in [-0.2, -0.15) is 0 Å². The third kappa shape index (κ3) is 1.63. The molecule has 0 spiro atoms. The van der Waals surface area contributed by atoms with Crippen molar-refractivity contribution in [1.29, 1.82) is 0 Å². The topological polar surface area (TPSA) is 0 Å². The van der Waals surface area contributed by atoms with Crippen LogP contribution < -0.4 is 0 Å². The van der Waals surface area contributed by atoms with Gasteiger partial charge in [0.2, 0.25) is 0 Å². The molecule has 0 fully saturated rings. The van der Waals surface area contributed by atoms with Crippen molar-refractivity contribution in [2.75, 3.05) is 5.33 Å². The predicted octanol–water partition coefficient (Wildman–Crippen LogP) is 3.85. The van der Waals surface area contributed by atoms with E-state index in [-0.39, 0.29) is 5.41 Å². The fraction of sp³-hybridized carbons (Fsp3) is 0.538. The molecular weight excluding hydrogens is 236 g/mol. The number of fused-ring (bicyclic) bond motifs is 1. The maximum absolute atomic E-state index is 3.62. The van der Waals surface area contributed by atoms with E-state index in [0.29, 0.717) is 0 Å². The number of hydrogen-bond donors (Lipinski definition) is 0. The van der Waals surface area contributed by atoms with E-state index in [1.54, 1.807) is 16.7 Å². The van der Waals surface area contributed by atoms with Crippen molar-refractivity contribution in [2.24, 2.45) is 0 Å². The molecule has 0 saturated carbocycles. The molecule has 1 aromatic carbocycles. The largest absolute Gasteiger partial charge is 0.0919 e. The summed E-state index contributed by atoms with van der Waals surface area (Å²) >= 11 is 3.62. The summed E-state index contributed by atoms with van der Waals surface area (Å²) in [5.74, 6) is 0. The van der Waals surface area contributed by atoms with Gasteiger partial charge in [-0.1, -0.05) is 48.0 Å². The Bertz CT molecular complexity index is 339. The molecule has 0 radical (unpaired) electrons. The molecule has 0 heterocycles. The molecule has 0 unspecified atom stereocenters. The quantitative estimate of drug-likeness (QED) is 0.702. The average molecular weight is 253 g/mol. The molecule has 0 atom stereocenters. The van der Waals surface area contributed by atoms with Crippen LogP contribution in [0, 0.1) is 0 Å². The average Bonchev–Trinajstić information content (AvgIpc) is 2.64. The summed E-state index contributed by atoms with van der Waals surface area (Å²) in [6.07, 6.45) is 3.90. The predicted molar refractivity (Wildman–Crippen MR) is 65.3 cm³/mol. The Kier molecular flexibility index (Phi) is 2.70. The summed E-state index contributed by atoms with van der Waals surface area (Å²) in [4.78, 5) is 0. The zero-order valence-corrected chi connectivity index (χ0v) is 10.5. The summed E-state index contributed by atoms with van der Waals surface area (Å²) in [6.45, 7) is 4.63. The second-order valence-electron chi connectivity index (χ2n) is 4.81. The Morgan fingerprint density at radius 2 is 2.07 bits per heavy atom. The lowest BCUT2D eigenvalue weighted by Crippen LogP contribution is -2.20. The van der Waals surface area contributed by atoms with Crippen LogP contribution in [0.15, 0.2) is 18.2 Å². The molecule has 0 N–H and O–H groups in total. The standard InChI is InChI=1S/C13H17Br/c1-13(2,9-14)12-8-4-6-10-5-3-7-11(10)12/h4,6,8H,3,5,7,9H2,1-2H3. The number of alkyl halides is 1. The van der Waals surface area contributed by atoms with Crippen molar-refractivity contribution in [1.82, 2.24) is 0 Å². The van der Waals surface area contributed by atoms with Crippen molar-refractivity contribution < 1.29 is 0 Å². The van der Waals surface area contributed by atoms with Gasteiger partial charge >= 0.3 is 0 Å². The van der Waals surface area contributed by atoms with Crippen molar-refractivity contribution in [3.8, 4) is 0 Å². The highest BCUT2D eigenvalue weighted by molar-refractivity contribution is 9.09. The minimum atomic E-state index is 0.273. The van der Waals surface area contributed by atoms with E-state index in [4.69, 9.17) is 0 Å². The van der Waals surface area contributed by atoms with E-state index in [1.165, 1.54) is 19.3 Å². The van der Waals surface area contributed by atoms with Crippen molar-refractivity contribution in [3.63, 3.8) is 0 Å². The normalized spacial score (nSPS) is 15.6. The minimum Gasteiger partial charge on any atom is -0.0919 e. The molecule has 76 valence electrons. The van der Waals surface area contributed by atoms with Crippen molar-refractivity contribution in [3.05, 3.63) is 34.9 Å². The maximum atomic E-state index is 3.62. The lowest BCUT2D eigenvalue weighted by atomic mass is 9.82. The van der Waals surface area contributed by atoms with E-state index in [0.717, 1.165) is 5.33 Å². The highest BCUT2D eigenvalue weighted by Gasteiger charge is 2.25. The highest BCUT2D eigenvalue weighted by Crippen LogP contribution is 2.34. The second-order valence-corrected chi connectivity index (χ2v) is 5.38. The summed E-state index contributed by atoms with van der Waals surface area (Å²) in [6, 6.07) is 6.80. The van der Waals surface area contributed by atoms with E-state index in [1.807, 2.05) is 0 Å². The van der Waals surface area contributed by atoms with Gasteiger partial charge in [-0.05, 0) is 41.4 Å². The molecule has 0 bridgehead atoms. The molecule has 14 heavy (non-hydrogen) atoms. The summed E-state index contributed by atoms with van der Waals surface area (Å²) < 4.78 is 0. The SMILES string of the molecule is CC(C)(CBr)c1cccc2c1CCC2. The van der Waals surface area contributed by atoms with Gasteiger partial charge in [-0.25, -0.2) is 0 Å². The number of halogens is 1. The maximum Gasteiger partial charge on any atom is 0.0123 e. The molecule has 2 rings (SSSR count). The van der Waals surface area contributed by atoms with Crippen LogP contribution in [-0.2, 0) is 18.3 Å². The van der Waals surface area contributed by atoms with E-state index >= 15 is 0 Å². The van der Waals surface area contributed by atoms with Gasteiger partial charge in [0.05, 0.1) is 0 Å². The zero-order valence-electron chi connectivity index (χ0n) is 8.94. The number of rotatable bonds is 2. The van der Waals surface area contributed by atoms with Gasteiger partial charge in [0.25, 0.3) is 0 Å². The van der Waals surface area contributed by atoms with Crippen LogP contribution in [0.4, 0.5) is 0 Å². The lowest BCUT2D eigenvalue weighted by Gasteiger charge is -2.25. The number of aryl methyl sites for hydroxylation is 1. The first-order valence-electron chi connectivity index (χ1n) is 5.32. The Labute approximate surface area is 94.8 Å². The van der Waals surface area contributed by atoms with Gasteiger partial charge in [-0.3, -0.25) is 0 Å². The second kappa shape index (κ2) is 3.69. The van der Waals surface area contributed by atoms with Gasteiger partial charge in [0.15, 0.2) is 0 Å². The third-order valence-corrected chi connectivity index (χ3v) is 4.61. The van der Waals surface area contributed by atoms with Gasteiger partial charge in [-0.15, -0.1) is 0 Å². The molecular formula is C13H17Br. The molecule has 0 amide bonds. The van der Waals surface area contributed by atoms with Gasteiger partial charge in [0, 0.05) is 5.33 Å². The molecule has 1 aliphatic rings. The monoisotopic (exact) mass is 252 g/mol. The van der Waals surface area contributed by atoms with E-state index in [2.05, 4.69) is 48.0 Å². The summed E-state index contributed by atoms with van der Waals surface area (Å²) in [5, 5.41) is 1.04. The smallest absolute Gasteiger partial charge is 0.0123 e. The molecule has 1 aromatic rings. The van der Waals surface area contributed by atoms with Crippen LogP contribution >= 0.6 is 15.9 Å². The summed E-state index contributed by atoms with van der Waals surface area (Å²) in [5.41, 5.74) is 5.02. The first-order valence-corrected chi connectivity index (χ1v) is 6.44. The molecule has 0 aromatic heterocycles. The van der Waals surface area contributed by atoms with Crippen LogP contribution in [0.5, 0.6) is 0 Å². The van der Waals surface area contributed by atoms with Gasteiger partial charge < -0.3 is 0 Å². The van der Waals surface area contributed by atoms with Gasteiger partial charge in [0.1, 0.15) is 0 Å². The molecule has 0 aliphatic heterocycles. The fourth-order valence-corrected chi connectivity index (χ4v) is 2.63. The van der Waals surface area contributed by atoms with Crippen LogP contribution in [0.25, 0.3) is 0 Å². The zero-order chi connectivity index (χ0) is 10.2.